The number of alkyl halides is 3. The Kier molecular flexibility index (Phi) is 8.32. The van der Waals surface area contributed by atoms with Crippen molar-refractivity contribution in [3.8, 4) is 0 Å². The van der Waals surface area contributed by atoms with Gasteiger partial charge in [-0.25, -0.2) is 13.6 Å². The van der Waals surface area contributed by atoms with Crippen LogP contribution in [0.4, 0.5) is 13.2 Å². The van der Waals surface area contributed by atoms with E-state index in [0.29, 0.717) is 25.6 Å². The van der Waals surface area contributed by atoms with E-state index >= 15 is 0 Å². The Morgan fingerprint density at radius 2 is 1.67 bits per heavy atom. The van der Waals surface area contributed by atoms with Gasteiger partial charge in [0.05, 0.1) is 29.1 Å². The lowest BCUT2D eigenvalue weighted by Gasteiger charge is -2.33. The highest BCUT2D eigenvalue weighted by molar-refractivity contribution is 7.89. The van der Waals surface area contributed by atoms with Crippen molar-refractivity contribution in [1.29, 1.82) is 0 Å². The zero-order chi connectivity index (χ0) is 26.5. The first-order valence-corrected chi connectivity index (χ1v) is 12.3. The summed E-state index contributed by atoms with van der Waals surface area (Å²) in [6.07, 6.45) is -4.13. The molecule has 3 amide bonds. The van der Waals surface area contributed by atoms with Crippen molar-refractivity contribution in [2.75, 3.05) is 19.6 Å². The lowest BCUT2D eigenvalue weighted by Crippen LogP contribution is -2.60. The maximum absolute atomic E-state index is 12.8. The predicted octanol–water partition coefficient (Wildman–Crippen LogP) is 0.359. The molecule has 0 spiro atoms. The van der Waals surface area contributed by atoms with E-state index in [9.17, 15) is 36.0 Å². The number of amides is 3. The van der Waals surface area contributed by atoms with Gasteiger partial charge in [0.2, 0.25) is 15.9 Å². The Labute approximate surface area is 204 Å². The first kappa shape index (κ1) is 27.1. The van der Waals surface area contributed by atoms with Gasteiger partial charge in [-0.05, 0) is 55.4 Å². The van der Waals surface area contributed by atoms with E-state index in [1.165, 1.54) is 30.3 Å². The summed E-state index contributed by atoms with van der Waals surface area (Å²) in [5, 5.41) is 15.9. The summed E-state index contributed by atoms with van der Waals surface area (Å²) >= 11 is 0. The number of piperidine rings is 1. The third-order valence-electron chi connectivity index (χ3n) is 5.45. The van der Waals surface area contributed by atoms with Gasteiger partial charge in [0.15, 0.2) is 0 Å². The molecule has 6 N–H and O–H groups in total. The SMILES string of the molecule is NS(=O)(=O)c1ccc(C(=O)N[C@H]2CCNC[C@H]2NC(=O)CNC(=O)c2cccc(C(F)(F)F)c2)cc1. The molecule has 194 valence electrons. The lowest BCUT2D eigenvalue weighted by molar-refractivity contribution is -0.137. The van der Waals surface area contributed by atoms with Crippen LogP contribution in [-0.2, 0) is 21.0 Å². The van der Waals surface area contributed by atoms with Gasteiger partial charge in [0, 0.05) is 17.7 Å². The van der Waals surface area contributed by atoms with Crippen LogP contribution in [0.3, 0.4) is 0 Å². The average Bonchev–Trinajstić information content (AvgIpc) is 2.83. The molecule has 2 aromatic rings. The molecule has 3 rings (SSSR count). The van der Waals surface area contributed by atoms with Gasteiger partial charge in [0.1, 0.15) is 0 Å². The van der Waals surface area contributed by atoms with Crippen molar-refractivity contribution >= 4 is 27.7 Å². The summed E-state index contributed by atoms with van der Waals surface area (Å²) in [6.45, 7) is 0.401. The van der Waals surface area contributed by atoms with E-state index in [-0.39, 0.29) is 16.0 Å². The van der Waals surface area contributed by atoms with Crippen LogP contribution in [0.25, 0.3) is 0 Å². The van der Waals surface area contributed by atoms with E-state index in [1.807, 2.05) is 0 Å². The highest BCUT2D eigenvalue weighted by Crippen LogP contribution is 2.29. The number of carbonyl (C=O) groups excluding carboxylic acids is 3. The monoisotopic (exact) mass is 527 g/mol. The van der Waals surface area contributed by atoms with Crippen LogP contribution in [0, 0.1) is 0 Å². The lowest BCUT2D eigenvalue weighted by atomic mass is 10.00. The second-order valence-corrected chi connectivity index (χ2v) is 9.64. The van der Waals surface area contributed by atoms with E-state index in [2.05, 4.69) is 21.3 Å². The topological polar surface area (TPSA) is 159 Å². The van der Waals surface area contributed by atoms with Gasteiger partial charge in [-0.3, -0.25) is 14.4 Å². The number of sulfonamides is 1. The Morgan fingerprint density at radius 3 is 2.31 bits per heavy atom. The molecule has 14 heteroatoms. The van der Waals surface area contributed by atoms with Crippen molar-refractivity contribution in [3.63, 3.8) is 0 Å². The van der Waals surface area contributed by atoms with Crippen molar-refractivity contribution in [2.24, 2.45) is 5.14 Å². The maximum atomic E-state index is 12.8. The molecular formula is C22H24F3N5O5S. The largest absolute Gasteiger partial charge is 0.416 e. The zero-order valence-electron chi connectivity index (χ0n) is 18.8. The van der Waals surface area contributed by atoms with Crippen LogP contribution in [-0.4, -0.2) is 57.9 Å². The van der Waals surface area contributed by atoms with Crippen molar-refractivity contribution in [3.05, 3.63) is 65.2 Å². The fourth-order valence-corrected chi connectivity index (χ4v) is 4.10. The number of carbonyl (C=O) groups is 3. The van der Waals surface area contributed by atoms with Crippen LogP contribution in [0.15, 0.2) is 53.4 Å². The Hall–Kier alpha value is -3.49. The molecule has 0 aliphatic carbocycles. The number of hydrogen-bond donors (Lipinski definition) is 5. The summed E-state index contributed by atoms with van der Waals surface area (Å²) in [5.41, 5.74) is -1.03. The number of hydrogen-bond acceptors (Lipinski definition) is 6. The molecule has 10 nitrogen and oxygen atoms in total. The van der Waals surface area contributed by atoms with Gasteiger partial charge in [-0.1, -0.05) is 6.07 Å². The first-order chi connectivity index (χ1) is 16.8. The smallest absolute Gasteiger partial charge is 0.348 e. The fourth-order valence-electron chi connectivity index (χ4n) is 3.59. The number of primary sulfonamides is 1. The second kappa shape index (κ2) is 11.1. The Morgan fingerprint density at radius 1 is 0.972 bits per heavy atom. The predicted molar refractivity (Wildman–Crippen MR) is 122 cm³/mol. The highest BCUT2D eigenvalue weighted by Gasteiger charge is 2.31. The van der Waals surface area contributed by atoms with Gasteiger partial charge >= 0.3 is 6.18 Å². The summed E-state index contributed by atoms with van der Waals surface area (Å²) in [6, 6.07) is 7.86. The molecule has 1 heterocycles. The van der Waals surface area contributed by atoms with Crippen LogP contribution < -0.4 is 26.4 Å². The van der Waals surface area contributed by atoms with Crippen molar-refractivity contribution < 1.29 is 36.0 Å². The fraction of sp³-hybridized carbons (Fsp3) is 0.318. The molecule has 0 unspecified atom stereocenters. The zero-order valence-corrected chi connectivity index (χ0v) is 19.6. The standard InChI is InChI=1S/C22H24F3N5O5S/c23-22(24,25)15-3-1-2-14(10-15)20(32)28-12-19(31)29-18-11-27-9-8-17(18)30-21(33)13-4-6-16(7-5-13)36(26,34)35/h1-7,10,17-18,27H,8-9,11-12H2,(H,28,32)(H,29,31)(H,30,33)(H2,26,34,35)/t17-,18+/m0/s1. The van der Waals surface area contributed by atoms with Crippen LogP contribution >= 0.6 is 0 Å². The minimum absolute atomic E-state index is 0.141. The summed E-state index contributed by atoms with van der Waals surface area (Å²) in [4.78, 5) is 37.1. The molecule has 2 atom stereocenters. The number of nitrogens with one attached hydrogen (secondary N) is 4. The number of rotatable bonds is 7. The molecule has 1 aliphatic rings. The second-order valence-electron chi connectivity index (χ2n) is 8.08. The minimum atomic E-state index is -4.61. The maximum Gasteiger partial charge on any atom is 0.416 e. The van der Waals surface area contributed by atoms with E-state index < -0.39 is 58.1 Å². The average molecular weight is 528 g/mol. The normalized spacial score (nSPS) is 18.2. The van der Waals surface area contributed by atoms with Gasteiger partial charge in [0.25, 0.3) is 11.8 Å². The van der Waals surface area contributed by atoms with E-state index in [1.54, 1.807) is 0 Å². The first-order valence-electron chi connectivity index (χ1n) is 10.7. The third-order valence-corrected chi connectivity index (χ3v) is 6.38. The van der Waals surface area contributed by atoms with Crippen LogP contribution in [0.5, 0.6) is 0 Å². The van der Waals surface area contributed by atoms with Gasteiger partial charge in [-0.2, -0.15) is 13.2 Å². The number of benzene rings is 2. The molecular weight excluding hydrogens is 503 g/mol. The minimum Gasteiger partial charge on any atom is -0.348 e. The van der Waals surface area contributed by atoms with Crippen LogP contribution in [0.2, 0.25) is 0 Å². The van der Waals surface area contributed by atoms with Gasteiger partial charge < -0.3 is 21.3 Å². The number of nitrogens with two attached hydrogens (primary N) is 1. The molecule has 0 bridgehead atoms. The summed E-state index contributed by atoms with van der Waals surface area (Å²) in [7, 11) is -3.90. The molecule has 0 radical (unpaired) electrons. The summed E-state index contributed by atoms with van der Waals surface area (Å²) in [5.74, 6) is -1.92. The number of halogens is 3. The third kappa shape index (κ3) is 7.26. The Balaban J connectivity index is 1.56. The Bertz CT molecular complexity index is 1240. The van der Waals surface area contributed by atoms with Crippen molar-refractivity contribution in [1.82, 2.24) is 21.3 Å². The highest BCUT2D eigenvalue weighted by atomic mass is 32.2. The van der Waals surface area contributed by atoms with Crippen LogP contribution in [0.1, 0.15) is 32.7 Å². The van der Waals surface area contributed by atoms with E-state index in [4.69, 9.17) is 5.14 Å². The molecule has 1 aliphatic heterocycles. The molecule has 0 saturated carbocycles. The van der Waals surface area contributed by atoms with E-state index in [0.717, 1.165) is 12.1 Å². The molecule has 0 aromatic heterocycles. The molecule has 2 aromatic carbocycles. The van der Waals surface area contributed by atoms with Crippen molar-refractivity contribution in [2.45, 2.75) is 29.6 Å². The molecule has 36 heavy (non-hydrogen) atoms. The molecule has 1 saturated heterocycles. The quantitative estimate of drug-likeness (QED) is 0.350. The van der Waals surface area contributed by atoms with Gasteiger partial charge in [-0.15, -0.1) is 0 Å². The molecule has 1 fully saturated rings. The summed E-state index contributed by atoms with van der Waals surface area (Å²) < 4.78 is 61.3.